The number of methoxy groups -OCH3 is 1. The van der Waals surface area contributed by atoms with Gasteiger partial charge in [0.05, 0.1) is 13.7 Å². The number of halogens is 3. The van der Waals surface area contributed by atoms with Crippen molar-refractivity contribution in [3.63, 3.8) is 0 Å². The summed E-state index contributed by atoms with van der Waals surface area (Å²) in [6, 6.07) is 0. The fourth-order valence-corrected chi connectivity index (χ4v) is 1.34. The molecule has 0 saturated carbocycles. The van der Waals surface area contributed by atoms with E-state index in [1.165, 1.54) is 14.0 Å². The molecule has 1 aliphatic rings. The molecule has 0 spiro atoms. The molecule has 0 radical (unpaired) electrons. The van der Waals surface area contributed by atoms with Gasteiger partial charge in [-0.15, -0.1) is 12.4 Å². The highest BCUT2D eigenvalue weighted by Crippen LogP contribution is 2.32. The van der Waals surface area contributed by atoms with Crippen molar-refractivity contribution in [1.82, 2.24) is 5.32 Å². The Morgan fingerprint density at radius 2 is 2.08 bits per heavy atom. The zero-order valence-corrected chi connectivity index (χ0v) is 8.21. The summed E-state index contributed by atoms with van der Waals surface area (Å²) in [4.78, 5) is 11.0. The molecule has 0 amide bonds. The van der Waals surface area contributed by atoms with Crippen molar-refractivity contribution >= 4 is 18.4 Å². The van der Waals surface area contributed by atoms with E-state index in [4.69, 9.17) is 0 Å². The quantitative estimate of drug-likeness (QED) is 0.663. The van der Waals surface area contributed by atoms with Gasteiger partial charge in [0.1, 0.15) is 5.54 Å². The number of rotatable bonds is 1. The van der Waals surface area contributed by atoms with Gasteiger partial charge in [-0.3, -0.25) is 10.1 Å². The van der Waals surface area contributed by atoms with Crippen LogP contribution >= 0.6 is 12.4 Å². The Bertz CT molecular complexity index is 213. The van der Waals surface area contributed by atoms with Crippen molar-refractivity contribution in [3.05, 3.63) is 0 Å². The maximum absolute atomic E-state index is 12.7. The molecule has 1 saturated heterocycles. The number of ether oxygens (including phenoxy) is 1. The van der Waals surface area contributed by atoms with E-state index < -0.39 is 30.4 Å². The van der Waals surface area contributed by atoms with Gasteiger partial charge >= 0.3 is 5.97 Å². The molecule has 1 atom stereocenters. The van der Waals surface area contributed by atoms with Crippen LogP contribution in [0.2, 0.25) is 0 Å². The topological polar surface area (TPSA) is 38.3 Å². The average Bonchev–Trinajstić information content (AvgIpc) is 2.25. The summed E-state index contributed by atoms with van der Waals surface area (Å²) >= 11 is 0. The third-order valence-electron chi connectivity index (χ3n) is 1.99. The lowest BCUT2D eigenvalue weighted by Crippen LogP contribution is -2.45. The van der Waals surface area contributed by atoms with Gasteiger partial charge in [0, 0.05) is 6.42 Å². The molecule has 0 aromatic rings. The van der Waals surface area contributed by atoms with Gasteiger partial charge in [-0.1, -0.05) is 0 Å². The largest absolute Gasteiger partial charge is 0.468 e. The van der Waals surface area contributed by atoms with E-state index in [9.17, 15) is 13.6 Å². The molecule has 13 heavy (non-hydrogen) atoms. The van der Waals surface area contributed by atoms with Crippen LogP contribution in [0.15, 0.2) is 0 Å². The molecule has 0 aromatic carbocycles. The Hall–Kier alpha value is -0.420. The molecule has 1 aliphatic heterocycles. The molecular formula is C7H12ClF2NO2. The van der Waals surface area contributed by atoms with Crippen molar-refractivity contribution in [2.24, 2.45) is 0 Å². The van der Waals surface area contributed by atoms with Crippen molar-refractivity contribution < 1.29 is 18.3 Å². The summed E-state index contributed by atoms with van der Waals surface area (Å²) in [6.07, 6.45) is -0.493. The zero-order chi connectivity index (χ0) is 9.41. The molecule has 0 bridgehead atoms. The van der Waals surface area contributed by atoms with Gasteiger partial charge in [0.25, 0.3) is 5.92 Å². The van der Waals surface area contributed by atoms with Crippen LogP contribution in [0.5, 0.6) is 0 Å². The van der Waals surface area contributed by atoms with Gasteiger partial charge < -0.3 is 4.74 Å². The normalized spacial score (nSPS) is 30.8. The van der Waals surface area contributed by atoms with E-state index in [1.54, 1.807) is 0 Å². The minimum absolute atomic E-state index is 0. The third kappa shape index (κ3) is 2.51. The summed E-state index contributed by atoms with van der Waals surface area (Å²) in [5.41, 5.74) is -1.22. The number of nitrogens with one attached hydrogen (secondary N) is 1. The van der Waals surface area contributed by atoms with Crippen molar-refractivity contribution in [1.29, 1.82) is 0 Å². The Morgan fingerprint density at radius 1 is 1.54 bits per heavy atom. The lowest BCUT2D eigenvalue weighted by atomic mass is 9.99. The molecule has 1 N–H and O–H groups in total. The minimum Gasteiger partial charge on any atom is -0.468 e. The molecule has 0 aliphatic carbocycles. The molecular weight excluding hydrogens is 204 g/mol. The molecule has 78 valence electrons. The average molecular weight is 216 g/mol. The first kappa shape index (κ1) is 12.6. The van der Waals surface area contributed by atoms with Crippen molar-refractivity contribution in [3.8, 4) is 0 Å². The number of hydrogen-bond acceptors (Lipinski definition) is 3. The summed E-state index contributed by atoms with van der Waals surface area (Å²) in [6.45, 7) is 0.957. The van der Waals surface area contributed by atoms with E-state index in [2.05, 4.69) is 10.1 Å². The van der Waals surface area contributed by atoms with Crippen LogP contribution in [0.3, 0.4) is 0 Å². The van der Waals surface area contributed by atoms with Crippen LogP contribution < -0.4 is 5.32 Å². The lowest BCUT2D eigenvalue weighted by Gasteiger charge is -2.19. The smallest absolute Gasteiger partial charge is 0.326 e. The van der Waals surface area contributed by atoms with Crippen LogP contribution in [-0.4, -0.2) is 31.1 Å². The highest BCUT2D eigenvalue weighted by Gasteiger charge is 2.51. The van der Waals surface area contributed by atoms with Gasteiger partial charge in [-0.05, 0) is 6.92 Å². The minimum atomic E-state index is -2.80. The van der Waals surface area contributed by atoms with E-state index >= 15 is 0 Å². The zero-order valence-electron chi connectivity index (χ0n) is 7.39. The number of alkyl halides is 2. The fraction of sp³-hybridized carbons (Fsp3) is 0.857. The SMILES string of the molecule is COC(=O)C1(C)CC(F)(F)CN1.Cl. The number of esters is 1. The van der Waals surface area contributed by atoms with Crippen LogP contribution in [0, 0.1) is 0 Å². The van der Waals surface area contributed by atoms with Crippen molar-refractivity contribution in [2.75, 3.05) is 13.7 Å². The summed E-state index contributed by atoms with van der Waals surface area (Å²) in [5, 5.41) is 2.45. The summed E-state index contributed by atoms with van der Waals surface area (Å²) < 4.78 is 29.7. The second-order valence-corrected chi connectivity index (χ2v) is 3.21. The second kappa shape index (κ2) is 3.75. The first-order valence-corrected chi connectivity index (χ1v) is 3.61. The first-order valence-electron chi connectivity index (χ1n) is 3.61. The first-order chi connectivity index (χ1) is 5.40. The highest BCUT2D eigenvalue weighted by atomic mass is 35.5. The Balaban J connectivity index is 0.00000144. The van der Waals surface area contributed by atoms with Gasteiger partial charge in [-0.25, -0.2) is 8.78 Å². The maximum Gasteiger partial charge on any atom is 0.326 e. The standard InChI is InChI=1S/C7H11F2NO2.ClH/c1-6(5(11)12-2)3-7(8,9)4-10-6;/h10H,3-4H2,1-2H3;1H. The number of hydrogen-bond donors (Lipinski definition) is 1. The molecule has 6 heteroatoms. The van der Waals surface area contributed by atoms with Crippen LogP contribution in [0.4, 0.5) is 8.78 Å². The van der Waals surface area contributed by atoms with E-state index in [0.29, 0.717) is 0 Å². The second-order valence-electron chi connectivity index (χ2n) is 3.21. The van der Waals surface area contributed by atoms with Gasteiger partial charge in [0.15, 0.2) is 0 Å². The summed E-state index contributed by atoms with van der Waals surface area (Å²) in [7, 11) is 1.19. The van der Waals surface area contributed by atoms with E-state index in [0.717, 1.165) is 0 Å². The lowest BCUT2D eigenvalue weighted by molar-refractivity contribution is -0.148. The fourth-order valence-electron chi connectivity index (χ4n) is 1.34. The monoisotopic (exact) mass is 215 g/mol. The molecule has 0 aromatic heterocycles. The van der Waals surface area contributed by atoms with E-state index in [-0.39, 0.29) is 12.4 Å². The predicted octanol–water partition coefficient (Wildman–Crippen LogP) is 0.968. The third-order valence-corrected chi connectivity index (χ3v) is 1.99. The number of carbonyl (C=O) groups is 1. The molecule has 1 unspecified atom stereocenters. The van der Waals surface area contributed by atoms with Gasteiger partial charge in [-0.2, -0.15) is 0 Å². The van der Waals surface area contributed by atoms with Gasteiger partial charge in [0.2, 0.25) is 0 Å². The molecule has 1 fully saturated rings. The number of carbonyl (C=O) groups excluding carboxylic acids is 1. The van der Waals surface area contributed by atoms with Crippen molar-refractivity contribution in [2.45, 2.75) is 24.8 Å². The van der Waals surface area contributed by atoms with Crippen LogP contribution in [0.25, 0.3) is 0 Å². The van der Waals surface area contributed by atoms with Crippen LogP contribution in [0.1, 0.15) is 13.3 Å². The predicted molar refractivity (Wildman–Crippen MR) is 45.2 cm³/mol. The molecule has 1 rings (SSSR count). The van der Waals surface area contributed by atoms with E-state index in [1.807, 2.05) is 0 Å². The molecule has 1 heterocycles. The summed E-state index contributed by atoms with van der Waals surface area (Å²) in [5.74, 6) is -3.44. The van der Waals surface area contributed by atoms with Crippen LogP contribution in [-0.2, 0) is 9.53 Å². The Morgan fingerprint density at radius 3 is 2.38 bits per heavy atom. The molecule has 3 nitrogen and oxygen atoms in total. The highest BCUT2D eigenvalue weighted by molar-refractivity contribution is 5.85. The maximum atomic E-state index is 12.7. The Labute approximate surface area is 81.2 Å². The Kier molecular flexibility index (Phi) is 3.63.